The second-order valence-electron chi connectivity index (χ2n) is 4.35. The lowest BCUT2D eigenvalue weighted by Gasteiger charge is -2.25. The molecule has 0 aliphatic carbocycles. The lowest BCUT2D eigenvalue weighted by Crippen LogP contribution is -2.44. The predicted molar refractivity (Wildman–Crippen MR) is 71.9 cm³/mol. The highest BCUT2D eigenvalue weighted by atomic mass is 35.5. The van der Waals surface area contributed by atoms with Crippen molar-refractivity contribution in [3.63, 3.8) is 0 Å². The second kappa shape index (κ2) is 5.14. The summed E-state index contributed by atoms with van der Waals surface area (Å²) in [6, 6.07) is 4.37. The van der Waals surface area contributed by atoms with E-state index < -0.39 is 0 Å². The Morgan fingerprint density at radius 2 is 2.05 bits per heavy atom. The Morgan fingerprint density at radius 3 is 2.84 bits per heavy atom. The summed E-state index contributed by atoms with van der Waals surface area (Å²) in [6.45, 7) is 3.48. The van der Waals surface area contributed by atoms with Gasteiger partial charge in [-0.1, -0.05) is 11.6 Å². The number of benzene rings is 1. The van der Waals surface area contributed by atoms with Gasteiger partial charge in [-0.05, 0) is 18.2 Å². The molecule has 1 aromatic heterocycles. The van der Waals surface area contributed by atoms with Crippen molar-refractivity contribution in [1.82, 2.24) is 20.5 Å². The Bertz CT molecular complexity index is 579. The standard InChI is InChI=1S/C12H13ClFN5/c13-8-1-2-10(14)9(7-8)11-16-12(18-17-11)19-5-3-15-4-6-19/h1-2,7,15H,3-6H2,(H,16,17,18). The summed E-state index contributed by atoms with van der Waals surface area (Å²) in [5.41, 5.74) is 0.335. The van der Waals surface area contributed by atoms with Gasteiger partial charge in [-0.2, -0.15) is 4.98 Å². The quantitative estimate of drug-likeness (QED) is 0.879. The minimum Gasteiger partial charge on any atom is -0.337 e. The summed E-state index contributed by atoms with van der Waals surface area (Å²) >= 11 is 5.87. The van der Waals surface area contributed by atoms with E-state index in [0.717, 1.165) is 26.2 Å². The Labute approximate surface area is 114 Å². The molecule has 0 atom stereocenters. The van der Waals surface area contributed by atoms with Crippen LogP contribution >= 0.6 is 11.6 Å². The number of piperazine rings is 1. The van der Waals surface area contributed by atoms with Crippen LogP contribution in [0.1, 0.15) is 0 Å². The fourth-order valence-corrected chi connectivity index (χ4v) is 2.23. The molecule has 1 fully saturated rings. The van der Waals surface area contributed by atoms with E-state index in [2.05, 4.69) is 25.4 Å². The van der Waals surface area contributed by atoms with Crippen molar-refractivity contribution in [2.75, 3.05) is 31.1 Å². The number of halogens is 2. The molecule has 3 rings (SSSR count). The van der Waals surface area contributed by atoms with Crippen molar-refractivity contribution < 1.29 is 4.39 Å². The van der Waals surface area contributed by atoms with Gasteiger partial charge in [0, 0.05) is 31.2 Å². The van der Waals surface area contributed by atoms with Crippen LogP contribution in [0.25, 0.3) is 11.4 Å². The molecule has 1 saturated heterocycles. The molecular weight excluding hydrogens is 269 g/mol. The zero-order valence-electron chi connectivity index (χ0n) is 10.2. The zero-order chi connectivity index (χ0) is 13.2. The van der Waals surface area contributed by atoms with Crippen molar-refractivity contribution in [2.45, 2.75) is 0 Å². The highest BCUT2D eigenvalue weighted by Gasteiger charge is 2.17. The molecule has 0 bridgehead atoms. The van der Waals surface area contributed by atoms with Crippen molar-refractivity contribution in [2.24, 2.45) is 0 Å². The minimum atomic E-state index is -0.368. The second-order valence-corrected chi connectivity index (χ2v) is 4.78. The highest BCUT2D eigenvalue weighted by molar-refractivity contribution is 6.30. The number of nitrogens with zero attached hydrogens (tertiary/aromatic N) is 3. The zero-order valence-corrected chi connectivity index (χ0v) is 10.9. The van der Waals surface area contributed by atoms with Gasteiger partial charge in [0.25, 0.3) is 0 Å². The average molecular weight is 282 g/mol. The van der Waals surface area contributed by atoms with Gasteiger partial charge in [0.05, 0.1) is 5.56 Å². The normalized spacial score (nSPS) is 15.8. The van der Waals surface area contributed by atoms with Gasteiger partial charge in [-0.25, -0.2) is 4.39 Å². The fraction of sp³-hybridized carbons (Fsp3) is 0.333. The molecule has 1 aromatic carbocycles. The van der Waals surface area contributed by atoms with Gasteiger partial charge in [0.15, 0.2) is 5.82 Å². The molecule has 19 heavy (non-hydrogen) atoms. The largest absolute Gasteiger partial charge is 0.337 e. The molecule has 5 nitrogen and oxygen atoms in total. The van der Waals surface area contributed by atoms with Gasteiger partial charge in [-0.15, -0.1) is 5.10 Å². The van der Waals surface area contributed by atoms with Crippen LogP contribution < -0.4 is 10.2 Å². The van der Waals surface area contributed by atoms with Crippen LogP contribution in [0.4, 0.5) is 10.3 Å². The number of aromatic nitrogens is 3. The Kier molecular flexibility index (Phi) is 3.35. The number of H-pyrrole nitrogens is 1. The van der Waals surface area contributed by atoms with E-state index in [-0.39, 0.29) is 5.82 Å². The third-order valence-electron chi connectivity index (χ3n) is 3.06. The molecule has 1 aliphatic heterocycles. The Hall–Kier alpha value is -1.66. The maximum atomic E-state index is 13.7. The topological polar surface area (TPSA) is 56.8 Å². The van der Waals surface area contributed by atoms with Crippen molar-refractivity contribution in [3.05, 3.63) is 29.0 Å². The number of nitrogens with one attached hydrogen (secondary N) is 2. The van der Waals surface area contributed by atoms with Crippen molar-refractivity contribution in [3.8, 4) is 11.4 Å². The monoisotopic (exact) mass is 281 g/mol. The summed E-state index contributed by atoms with van der Waals surface area (Å²) in [5.74, 6) is 0.622. The summed E-state index contributed by atoms with van der Waals surface area (Å²) in [5, 5.41) is 10.6. The van der Waals surface area contributed by atoms with E-state index in [4.69, 9.17) is 11.6 Å². The molecule has 0 radical (unpaired) electrons. The lowest BCUT2D eigenvalue weighted by molar-refractivity contribution is 0.580. The molecule has 0 spiro atoms. The summed E-state index contributed by atoms with van der Waals surface area (Å²) in [4.78, 5) is 6.39. The van der Waals surface area contributed by atoms with Crippen LogP contribution in [-0.4, -0.2) is 41.4 Å². The predicted octanol–water partition coefficient (Wildman–Crippen LogP) is 1.67. The molecule has 0 saturated carbocycles. The van der Waals surface area contributed by atoms with Crippen molar-refractivity contribution >= 4 is 17.5 Å². The minimum absolute atomic E-state index is 0.335. The van der Waals surface area contributed by atoms with Gasteiger partial charge in [0.1, 0.15) is 5.82 Å². The Morgan fingerprint density at radius 1 is 1.26 bits per heavy atom. The Balaban J connectivity index is 1.89. The molecule has 100 valence electrons. The molecule has 2 N–H and O–H groups in total. The van der Waals surface area contributed by atoms with Gasteiger partial charge >= 0.3 is 0 Å². The van der Waals surface area contributed by atoms with Crippen molar-refractivity contribution in [1.29, 1.82) is 0 Å². The van der Waals surface area contributed by atoms with Crippen LogP contribution in [-0.2, 0) is 0 Å². The molecule has 2 aromatic rings. The first kappa shape index (κ1) is 12.4. The lowest BCUT2D eigenvalue weighted by atomic mass is 10.2. The van der Waals surface area contributed by atoms with Crippen LogP contribution in [0.2, 0.25) is 5.02 Å². The maximum Gasteiger partial charge on any atom is 0.245 e. The van der Waals surface area contributed by atoms with Crippen LogP contribution in [0, 0.1) is 5.82 Å². The maximum absolute atomic E-state index is 13.7. The molecule has 0 unspecified atom stereocenters. The molecule has 2 heterocycles. The van der Waals surface area contributed by atoms with E-state index in [9.17, 15) is 4.39 Å². The summed E-state index contributed by atoms with van der Waals surface area (Å²) in [6.07, 6.45) is 0. The molecule has 1 aliphatic rings. The fourth-order valence-electron chi connectivity index (χ4n) is 2.06. The van der Waals surface area contributed by atoms with Gasteiger partial charge < -0.3 is 10.2 Å². The van der Waals surface area contributed by atoms with E-state index in [1.54, 1.807) is 6.07 Å². The first-order valence-corrected chi connectivity index (χ1v) is 6.45. The third kappa shape index (κ3) is 2.54. The van der Waals surface area contributed by atoms with Crippen LogP contribution in [0.5, 0.6) is 0 Å². The smallest absolute Gasteiger partial charge is 0.245 e. The number of hydrogen-bond acceptors (Lipinski definition) is 4. The number of aromatic amines is 1. The van der Waals surface area contributed by atoms with Gasteiger partial charge in [0.2, 0.25) is 5.95 Å². The van der Waals surface area contributed by atoms with E-state index in [1.807, 2.05) is 0 Å². The first-order chi connectivity index (χ1) is 9.24. The van der Waals surface area contributed by atoms with Crippen LogP contribution in [0.3, 0.4) is 0 Å². The van der Waals surface area contributed by atoms with Gasteiger partial charge in [-0.3, -0.25) is 5.10 Å². The first-order valence-electron chi connectivity index (χ1n) is 6.07. The number of rotatable bonds is 2. The molecule has 7 heteroatoms. The van der Waals surface area contributed by atoms with E-state index in [1.165, 1.54) is 12.1 Å². The summed E-state index contributed by atoms with van der Waals surface area (Å²) in [7, 11) is 0. The number of hydrogen-bond donors (Lipinski definition) is 2. The van der Waals surface area contributed by atoms with E-state index >= 15 is 0 Å². The SMILES string of the molecule is Fc1ccc(Cl)cc1-c1nc(N2CCNCC2)n[nH]1. The molecule has 0 amide bonds. The van der Waals surface area contributed by atoms with E-state index in [0.29, 0.717) is 22.4 Å². The average Bonchev–Trinajstić information content (AvgIpc) is 2.92. The number of anilines is 1. The highest BCUT2D eigenvalue weighted by Crippen LogP contribution is 2.24. The van der Waals surface area contributed by atoms with Crippen LogP contribution in [0.15, 0.2) is 18.2 Å². The third-order valence-corrected chi connectivity index (χ3v) is 3.29. The molecular formula is C12H13ClFN5. The summed E-state index contributed by atoms with van der Waals surface area (Å²) < 4.78 is 13.7.